The lowest BCUT2D eigenvalue weighted by molar-refractivity contribution is -0.128. The summed E-state index contributed by atoms with van der Waals surface area (Å²) in [5.41, 5.74) is 4.98. The van der Waals surface area contributed by atoms with Crippen LogP contribution in [0.1, 0.15) is 31.4 Å². The number of amides is 2. The molecule has 1 aliphatic rings. The molecule has 0 atom stereocenters. The number of hydrogen-bond acceptors (Lipinski definition) is 6. The molecule has 1 aliphatic heterocycles. The molecule has 184 valence electrons. The summed E-state index contributed by atoms with van der Waals surface area (Å²) < 4.78 is 0. The second-order valence-electron chi connectivity index (χ2n) is 8.70. The van der Waals surface area contributed by atoms with E-state index in [1.54, 1.807) is 6.20 Å². The second-order valence-corrected chi connectivity index (χ2v) is 9.70. The number of rotatable bonds is 8. The molecule has 8 heteroatoms. The van der Waals surface area contributed by atoms with Gasteiger partial charge in [0.1, 0.15) is 5.03 Å². The monoisotopic (exact) mass is 491 g/mol. The highest BCUT2D eigenvalue weighted by molar-refractivity contribution is 7.99. The van der Waals surface area contributed by atoms with Crippen molar-refractivity contribution >= 4 is 40.3 Å². The van der Waals surface area contributed by atoms with Crippen molar-refractivity contribution in [2.24, 2.45) is 0 Å². The predicted octanol–water partition coefficient (Wildman–Crippen LogP) is 4.02. The van der Waals surface area contributed by atoms with Gasteiger partial charge in [0.25, 0.3) is 0 Å². The van der Waals surface area contributed by atoms with Gasteiger partial charge in [0, 0.05) is 31.9 Å². The summed E-state index contributed by atoms with van der Waals surface area (Å²) in [6.45, 7) is 7.38. The van der Waals surface area contributed by atoms with Crippen molar-refractivity contribution in [3.8, 4) is 0 Å². The first-order valence-corrected chi connectivity index (χ1v) is 13.3. The Morgan fingerprint density at radius 1 is 0.943 bits per heavy atom. The van der Waals surface area contributed by atoms with E-state index in [2.05, 4.69) is 52.2 Å². The highest BCUT2D eigenvalue weighted by atomic mass is 32.2. The van der Waals surface area contributed by atoms with E-state index in [1.807, 2.05) is 29.2 Å². The van der Waals surface area contributed by atoms with Crippen LogP contribution in [0, 0.1) is 0 Å². The number of aromatic nitrogens is 2. The zero-order chi connectivity index (χ0) is 24.6. The average Bonchev–Trinajstić information content (AvgIpc) is 3.12. The first-order chi connectivity index (χ1) is 17.1. The molecule has 35 heavy (non-hydrogen) atoms. The average molecular weight is 492 g/mol. The fraction of sp³-hybridized carbons (Fsp3) is 0.407. The summed E-state index contributed by atoms with van der Waals surface area (Å²) >= 11 is 1.42. The SMILES string of the molecule is CCc1cccc(CC)c1NC(=O)CN1CCCN(C(=O)CSc2cnc3ccccc3n2)CC1. The van der Waals surface area contributed by atoms with Crippen molar-refractivity contribution in [3.63, 3.8) is 0 Å². The van der Waals surface area contributed by atoms with Gasteiger partial charge in [0.2, 0.25) is 11.8 Å². The smallest absolute Gasteiger partial charge is 0.238 e. The highest BCUT2D eigenvalue weighted by Gasteiger charge is 2.21. The minimum absolute atomic E-state index is 0.00538. The number of thioether (sulfide) groups is 1. The van der Waals surface area contributed by atoms with E-state index >= 15 is 0 Å². The van der Waals surface area contributed by atoms with Crippen LogP contribution in [0.5, 0.6) is 0 Å². The maximum absolute atomic E-state index is 12.9. The fourth-order valence-corrected chi connectivity index (χ4v) is 5.14. The van der Waals surface area contributed by atoms with Crippen molar-refractivity contribution in [1.29, 1.82) is 0 Å². The number of nitrogens with zero attached hydrogens (tertiary/aromatic N) is 4. The molecule has 2 heterocycles. The highest BCUT2D eigenvalue weighted by Crippen LogP contribution is 2.23. The topological polar surface area (TPSA) is 78.4 Å². The number of hydrogen-bond donors (Lipinski definition) is 1. The van der Waals surface area contributed by atoms with E-state index < -0.39 is 0 Å². The number of aryl methyl sites for hydroxylation is 2. The molecule has 1 N–H and O–H groups in total. The summed E-state index contributed by atoms with van der Waals surface area (Å²) in [5, 5.41) is 3.91. The number of carbonyl (C=O) groups excluding carboxylic acids is 2. The zero-order valence-electron chi connectivity index (χ0n) is 20.5. The Balaban J connectivity index is 1.27. The Labute approximate surface area is 211 Å². The van der Waals surface area contributed by atoms with Gasteiger partial charge in [-0.15, -0.1) is 0 Å². The van der Waals surface area contributed by atoms with Gasteiger partial charge in [-0.05, 0) is 42.5 Å². The Bertz CT molecular complexity index is 1160. The van der Waals surface area contributed by atoms with E-state index in [0.29, 0.717) is 31.9 Å². The van der Waals surface area contributed by atoms with Crippen LogP contribution in [0.3, 0.4) is 0 Å². The molecular weight excluding hydrogens is 458 g/mol. The largest absolute Gasteiger partial charge is 0.341 e. The molecule has 3 aromatic rings. The van der Waals surface area contributed by atoms with E-state index in [1.165, 1.54) is 22.9 Å². The Kier molecular flexibility index (Phi) is 8.71. The number of carbonyl (C=O) groups is 2. The van der Waals surface area contributed by atoms with Crippen LogP contribution >= 0.6 is 11.8 Å². The van der Waals surface area contributed by atoms with Crippen LogP contribution < -0.4 is 5.32 Å². The van der Waals surface area contributed by atoms with Gasteiger partial charge in [-0.25, -0.2) is 4.98 Å². The van der Waals surface area contributed by atoms with Gasteiger partial charge in [-0.1, -0.05) is 55.9 Å². The van der Waals surface area contributed by atoms with Gasteiger partial charge >= 0.3 is 0 Å². The van der Waals surface area contributed by atoms with Crippen molar-refractivity contribution < 1.29 is 9.59 Å². The molecule has 0 unspecified atom stereocenters. The first-order valence-electron chi connectivity index (χ1n) is 12.3. The molecule has 0 saturated carbocycles. The third-order valence-electron chi connectivity index (χ3n) is 6.34. The van der Waals surface area contributed by atoms with Crippen molar-refractivity contribution in [3.05, 3.63) is 59.8 Å². The molecule has 2 aromatic carbocycles. The standard InChI is InChI=1S/C27H33N5O2S/c1-3-20-9-7-10-21(4-2)27(20)30-24(33)18-31-13-8-14-32(16-15-31)26(34)19-35-25-17-28-22-11-5-6-12-23(22)29-25/h5-7,9-12,17H,3-4,8,13-16,18-19H2,1-2H3,(H,30,33). The molecule has 0 radical (unpaired) electrons. The molecular formula is C27H33N5O2S. The summed E-state index contributed by atoms with van der Waals surface area (Å²) in [4.78, 5) is 38.8. The molecule has 0 aliphatic carbocycles. The molecule has 4 rings (SSSR count). The van der Waals surface area contributed by atoms with E-state index in [0.717, 1.165) is 47.6 Å². The molecule has 1 saturated heterocycles. The van der Waals surface area contributed by atoms with E-state index in [9.17, 15) is 9.59 Å². The summed E-state index contributed by atoms with van der Waals surface area (Å²) in [6, 6.07) is 13.9. The third kappa shape index (κ3) is 6.58. The minimum atomic E-state index is 0.00538. The molecule has 1 aromatic heterocycles. The van der Waals surface area contributed by atoms with Crippen molar-refractivity contribution in [2.75, 3.05) is 43.8 Å². The van der Waals surface area contributed by atoms with Crippen LogP contribution in [0.4, 0.5) is 5.69 Å². The van der Waals surface area contributed by atoms with Gasteiger partial charge in [0.15, 0.2) is 0 Å². The van der Waals surface area contributed by atoms with Crippen LogP contribution in [0.2, 0.25) is 0 Å². The quantitative estimate of drug-likeness (QED) is 0.480. The van der Waals surface area contributed by atoms with Crippen LogP contribution in [-0.2, 0) is 22.4 Å². The summed E-state index contributed by atoms with van der Waals surface area (Å²) in [7, 11) is 0. The second kappa shape index (κ2) is 12.1. The van der Waals surface area contributed by atoms with Gasteiger partial charge in [0.05, 0.1) is 29.5 Å². The number of benzene rings is 2. The van der Waals surface area contributed by atoms with Crippen molar-refractivity contribution in [1.82, 2.24) is 19.8 Å². The van der Waals surface area contributed by atoms with Gasteiger partial charge in [-0.3, -0.25) is 19.5 Å². The lowest BCUT2D eigenvalue weighted by Crippen LogP contribution is -2.38. The summed E-state index contributed by atoms with van der Waals surface area (Å²) in [6.07, 6.45) is 4.34. The lowest BCUT2D eigenvalue weighted by atomic mass is 10.0. The van der Waals surface area contributed by atoms with Gasteiger partial charge in [-0.2, -0.15) is 0 Å². The zero-order valence-corrected chi connectivity index (χ0v) is 21.3. The Morgan fingerprint density at radius 3 is 2.43 bits per heavy atom. The molecule has 2 amide bonds. The van der Waals surface area contributed by atoms with E-state index in [-0.39, 0.29) is 11.8 Å². The lowest BCUT2D eigenvalue weighted by Gasteiger charge is -2.22. The van der Waals surface area contributed by atoms with Crippen molar-refractivity contribution in [2.45, 2.75) is 38.1 Å². The fourth-order valence-electron chi connectivity index (χ4n) is 4.40. The van der Waals surface area contributed by atoms with Crippen LogP contribution in [0.15, 0.2) is 53.7 Å². The van der Waals surface area contributed by atoms with Gasteiger partial charge < -0.3 is 10.2 Å². The van der Waals surface area contributed by atoms with E-state index in [4.69, 9.17) is 0 Å². The number of nitrogens with one attached hydrogen (secondary N) is 1. The third-order valence-corrected chi connectivity index (χ3v) is 7.23. The first kappa shape index (κ1) is 25.1. The maximum atomic E-state index is 12.9. The molecule has 0 spiro atoms. The number of para-hydroxylation sites is 3. The van der Waals surface area contributed by atoms with Crippen LogP contribution in [0.25, 0.3) is 11.0 Å². The Morgan fingerprint density at radius 2 is 1.69 bits per heavy atom. The molecule has 7 nitrogen and oxygen atoms in total. The maximum Gasteiger partial charge on any atom is 0.238 e. The number of fused-ring (bicyclic) bond motifs is 1. The normalized spacial score (nSPS) is 14.6. The van der Waals surface area contributed by atoms with Crippen LogP contribution in [-0.4, -0.2) is 70.1 Å². The minimum Gasteiger partial charge on any atom is -0.341 e. The summed E-state index contributed by atoms with van der Waals surface area (Å²) in [5.74, 6) is 0.438. The predicted molar refractivity (Wildman–Crippen MR) is 142 cm³/mol. The Hall–Kier alpha value is -2.97. The number of anilines is 1. The molecule has 0 bridgehead atoms. The molecule has 1 fully saturated rings.